The number of nitrogens with one attached hydrogen (secondary N) is 2. The molecule has 1 aliphatic rings. The zero-order valence-corrected chi connectivity index (χ0v) is 19.9. The first kappa shape index (κ1) is 22.2. The Labute approximate surface area is 197 Å². The zero-order valence-electron chi connectivity index (χ0n) is 19.1. The van der Waals surface area contributed by atoms with Crippen molar-refractivity contribution >= 4 is 27.2 Å². The lowest BCUT2D eigenvalue weighted by Crippen LogP contribution is -2.31. The molecular weight excluding hydrogens is 454 g/mol. The lowest BCUT2D eigenvalue weighted by molar-refractivity contribution is 0.282. The summed E-state index contributed by atoms with van der Waals surface area (Å²) in [6, 6.07) is 9.52. The molecule has 11 heteroatoms. The van der Waals surface area contributed by atoms with E-state index < -0.39 is 10.0 Å². The highest BCUT2D eigenvalue weighted by Gasteiger charge is 2.27. The minimum atomic E-state index is -3.19. The molecule has 5 heterocycles. The Morgan fingerprint density at radius 1 is 1.12 bits per heavy atom. The van der Waals surface area contributed by atoms with Gasteiger partial charge in [0.2, 0.25) is 10.0 Å². The Kier molecular flexibility index (Phi) is 5.66. The number of fused-ring (bicyclic) bond motifs is 1. The molecule has 0 saturated carbocycles. The van der Waals surface area contributed by atoms with Crippen LogP contribution in [0.3, 0.4) is 0 Å². The van der Waals surface area contributed by atoms with Crippen LogP contribution in [0.25, 0.3) is 16.6 Å². The lowest BCUT2D eigenvalue weighted by atomic mass is 10.1. The van der Waals surface area contributed by atoms with Crippen molar-refractivity contribution in [3.05, 3.63) is 59.9 Å². The smallest absolute Gasteiger partial charge is 0.212 e. The summed E-state index contributed by atoms with van der Waals surface area (Å²) < 4.78 is 33.7. The van der Waals surface area contributed by atoms with Gasteiger partial charge in [-0.25, -0.2) is 27.6 Å². The van der Waals surface area contributed by atoms with Gasteiger partial charge in [0, 0.05) is 35.3 Å². The molecule has 1 unspecified atom stereocenters. The fraction of sp³-hybridized carbons (Fsp3) is 0.304. The van der Waals surface area contributed by atoms with Gasteiger partial charge in [0.15, 0.2) is 5.82 Å². The maximum Gasteiger partial charge on any atom is 0.212 e. The molecule has 0 bridgehead atoms. The van der Waals surface area contributed by atoms with Gasteiger partial charge in [0.1, 0.15) is 24.0 Å². The first-order chi connectivity index (χ1) is 16.2. The third-order valence-corrected chi connectivity index (χ3v) is 6.99. The highest BCUT2D eigenvalue weighted by atomic mass is 32.2. The van der Waals surface area contributed by atoms with Crippen molar-refractivity contribution in [1.82, 2.24) is 29.3 Å². The predicted octanol–water partition coefficient (Wildman–Crippen LogP) is 2.93. The summed E-state index contributed by atoms with van der Waals surface area (Å²) in [5, 5.41) is 7.82. The van der Waals surface area contributed by atoms with E-state index in [1.165, 1.54) is 0 Å². The molecule has 0 radical (unpaired) electrons. The van der Waals surface area contributed by atoms with Crippen LogP contribution in [0, 0.1) is 20.8 Å². The van der Waals surface area contributed by atoms with Gasteiger partial charge in [-0.2, -0.15) is 5.10 Å². The van der Waals surface area contributed by atoms with E-state index >= 15 is 0 Å². The lowest BCUT2D eigenvalue weighted by Gasteiger charge is -2.15. The summed E-state index contributed by atoms with van der Waals surface area (Å²) in [7, 11) is -3.19. The average molecular weight is 480 g/mol. The van der Waals surface area contributed by atoms with Gasteiger partial charge >= 0.3 is 0 Å². The van der Waals surface area contributed by atoms with Crippen molar-refractivity contribution in [3.63, 3.8) is 0 Å². The number of aromatic nitrogens is 5. The number of pyridine rings is 2. The maximum atomic E-state index is 11.7. The van der Waals surface area contributed by atoms with Gasteiger partial charge < -0.3 is 10.1 Å². The molecule has 176 valence electrons. The van der Waals surface area contributed by atoms with Crippen LogP contribution in [0.2, 0.25) is 0 Å². The van der Waals surface area contributed by atoms with E-state index in [1.807, 2.05) is 57.3 Å². The fourth-order valence-electron chi connectivity index (χ4n) is 4.00. The highest BCUT2D eigenvalue weighted by molar-refractivity contribution is 7.89. The standard InChI is InChI=1S/C23H25N7O3S/c1-14-8-20(21(12-24-14)33-13-18-5-7-34(31,32)29-18)17-4-6-30-19(10-17)11-23(28-30)27-22-9-15(2)25-16(3)26-22/h4,6,8-12,18,29H,5,7,13H2,1-3H3,(H,25,26,27,28). The second-order valence-corrected chi connectivity index (χ2v) is 10.3. The molecule has 34 heavy (non-hydrogen) atoms. The minimum Gasteiger partial charge on any atom is -0.490 e. The van der Waals surface area contributed by atoms with Crippen LogP contribution in [0.15, 0.2) is 42.7 Å². The largest absolute Gasteiger partial charge is 0.490 e. The van der Waals surface area contributed by atoms with Gasteiger partial charge in [-0.05, 0) is 51.0 Å². The predicted molar refractivity (Wildman–Crippen MR) is 129 cm³/mol. The summed E-state index contributed by atoms with van der Waals surface area (Å²) in [4.78, 5) is 13.1. The Balaban J connectivity index is 1.41. The van der Waals surface area contributed by atoms with E-state index in [9.17, 15) is 8.42 Å². The number of anilines is 2. The van der Waals surface area contributed by atoms with Gasteiger partial charge in [-0.3, -0.25) is 4.98 Å². The molecule has 10 nitrogen and oxygen atoms in total. The molecule has 0 amide bonds. The summed E-state index contributed by atoms with van der Waals surface area (Å²) in [6.45, 7) is 5.95. The number of hydrogen-bond donors (Lipinski definition) is 2. The van der Waals surface area contributed by atoms with Crippen LogP contribution in [0.1, 0.15) is 23.6 Å². The molecule has 5 rings (SSSR count). The summed E-state index contributed by atoms with van der Waals surface area (Å²) >= 11 is 0. The van der Waals surface area contributed by atoms with Crippen molar-refractivity contribution in [2.75, 3.05) is 17.7 Å². The van der Waals surface area contributed by atoms with E-state index in [0.29, 0.717) is 29.6 Å². The molecule has 1 fully saturated rings. The van der Waals surface area contributed by atoms with E-state index in [-0.39, 0.29) is 18.4 Å². The Hall–Kier alpha value is -3.57. The normalized spacial score (nSPS) is 17.2. The third kappa shape index (κ3) is 4.85. The van der Waals surface area contributed by atoms with E-state index in [2.05, 4.69) is 30.1 Å². The number of sulfonamides is 1. The second kappa shape index (κ2) is 8.65. The van der Waals surface area contributed by atoms with Crippen molar-refractivity contribution in [2.24, 2.45) is 0 Å². The number of rotatable bonds is 6. The van der Waals surface area contributed by atoms with E-state index in [0.717, 1.165) is 28.0 Å². The summed E-state index contributed by atoms with van der Waals surface area (Å²) in [5.41, 5.74) is 4.46. The van der Waals surface area contributed by atoms with Crippen LogP contribution in [0.4, 0.5) is 11.6 Å². The molecule has 4 aromatic rings. The van der Waals surface area contributed by atoms with Crippen molar-refractivity contribution in [1.29, 1.82) is 0 Å². The molecule has 1 saturated heterocycles. The second-order valence-electron chi connectivity index (χ2n) is 8.44. The topological polar surface area (TPSA) is 123 Å². The van der Waals surface area contributed by atoms with Crippen LogP contribution >= 0.6 is 0 Å². The van der Waals surface area contributed by atoms with Crippen LogP contribution in [-0.2, 0) is 10.0 Å². The first-order valence-corrected chi connectivity index (χ1v) is 12.6. The fourth-order valence-corrected chi connectivity index (χ4v) is 5.41. The van der Waals surface area contributed by atoms with E-state index in [4.69, 9.17) is 4.74 Å². The monoisotopic (exact) mass is 479 g/mol. The Morgan fingerprint density at radius 3 is 2.74 bits per heavy atom. The van der Waals surface area contributed by atoms with Gasteiger partial charge in [0.25, 0.3) is 0 Å². The molecule has 1 aliphatic heterocycles. The van der Waals surface area contributed by atoms with Gasteiger partial charge in [-0.1, -0.05) is 0 Å². The molecular formula is C23H25N7O3S. The zero-order chi connectivity index (χ0) is 23.9. The average Bonchev–Trinajstić information content (AvgIpc) is 3.33. The number of nitrogens with zero attached hydrogens (tertiary/aromatic N) is 5. The molecule has 0 aromatic carbocycles. The maximum absolute atomic E-state index is 11.7. The molecule has 2 N–H and O–H groups in total. The molecule has 1 atom stereocenters. The van der Waals surface area contributed by atoms with E-state index in [1.54, 1.807) is 10.7 Å². The van der Waals surface area contributed by atoms with Gasteiger partial charge in [-0.15, -0.1) is 0 Å². The first-order valence-electron chi connectivity index (χ1n) is 10.9. The number of hydrogen-bond acceptors (Lipinski definition) is 8. The Bertz CT molecular complexity index is 1460. The highest BCUT2D eigenvalue weighted by Crippen LogP contribution is 2.32. The third-order valence-electron chi connectivity index (χ3n) is 5.52. The van der Waals surface area contributed by atoms with Gasteiger partial charge in [0.05, 0.1) is 23.5 Å². The SMILES string of the molecule is Cc1cc(-c2ccn3nc(Nc4cc(C)nc(C)n4)cc3c2)c(OCC2CCS(=O)(=O)N2)cn1. The number of ether oxygens (including phenoxy) is 1. The molecule has 0 spiro atoms. The molecule has 4 aromatic heterocycles. The quantitative estimate of drug-likeness (QED) is 0.433. The van der Waals surface area contributed by atoms with Crippen LogP contribution < -0.4 is 14.8 Å². The summed E-state index contributed by atoms with van der Waals surface area (Å²) in [6.07, 6.45) is 4.10. The van der Waals surface area contributed by atoms with Crippen LogP contribution in [0.5, 0.6) is 5.75 Å². The molecule has 0 aliphatic carbocycles. The van der Waals surface area contributed by atoms with Crippen LogP contribution in [-0.4, -0.2) is 51.4 Å². The van der Waals surface area contributed by atoms with Crippen molar-refractivity contribution < 1.29 is 13.2 Å². The Morgan fingerprint density at radius 2 is 1.97 bits per heavy atom. The summed E-state index contributed by atoms with van der Waals surface area (Å²) in [5.74, 6) is 2.79. The van der Waals surface area contributed by atoms with Crippen molar-refractivity contribution in [2.45, 2.75) is 33.2 Å². The number of aryl methyl sites for hydroxylation is 3. The van der Waals surface area contributed by atoms with Crippen molar-refractivity contribution in [3.8, 4) is 16.9 Å². The minimum absolute atomic E-state index is 0.127.